The van der Waals surface area contributed by atoms with Crippen LogP contribution in [-0.2, 0) is 16.6 Å². The molecule has 126 valence electrons. The van der Waals surface area contributed by atoms with Gasteiger partial charge in [0.1, 0.15) is 17.0 Å². The number of aryl methyl sites for hydroxylation is 2. The second-order valence-corrected chi connectivity index (χ2v) is 8.57. The lowest BCUT2D eigenvalue weighted by atomic mass is 10.2. The highest BCUT2D eigenvalue weighted by Gasteiger charge is 2.11. The number of nitrogens with zero attached hydrogens (tertiary/aromatic N) is 2. The minimum Gasteiger partial charge on any atom is -0.365 e. The van der Waals surface area contributed by atoms with Gasteiger partial charge in [-0.2, -0.15) is 0 Å². The second kappa shape index (κ2) is 6.37. The van der Waals surface area contributed by atoms with E-state index in [1.54, 1.807) is 29.8 Å². The molecule has 2 N–H and O–H groups in total. The predicted molar refractivity (Wildman–Crippen MR) is 99.1 cm³/mol. The topological polar surface area (TPSA) is 84.0 Å². The molecule has 8 heteroatoms. The van der Waals surface area contributed by atoms with Crippen molar-refractivity contribution in [3.05, 3.63) is 46.6 Å². The van der Waals surface area contributed by atoms with Crippen molar-refractivity contribution in [3.8, 4) is 0 Å². The molecule has 0 saturated carbocycles. The van der Waals surface area contributed by atoms with Crippen LogP contribution in [0.5, 0.6) is 0 Å². The highest BCUT2D eigenvalue weighted by atomic mass is 32.2. The molecule has 0 saturated heterocycles. The van der Waals surface area contributed by atoms with Crippen LogP contribution in [0.1, 0.15) is 16.0 Å². The number of nitrogens with one attached hydrogen (secondary N) is 2. The molecular formula is C16H18N4O2S2. The van der Waals surface area contributed by atoms with Crippen molar-refractivity contribution in [2.45, 2.75) is 20.4 Å². The molecule has 24 heavy (non-hydrogen) atoms. The van der Waals surface area contributed by atoms with Crippen molar-refractivity contribution >= 4 is 43.1 Å². The third-order valence-electron chi connectivity index (χ3n) is 3.66. The predicted octanol–water partition coefficient (Wildman–Crippen LogP) is 3.29. The van der Waals surface area contributed by atoms with Crippen LogP contribution in [0.15, 0.2) is 30.6 Å². The maximum atomic E-state index is 11.3. The van der Waals surface area contributed by atoms with Gasteiger partial charge in [-0.15, -0.1) is 11.3 Å². The van der Waals surface area contributed by atoms with Crippen LogP contribution in [0.3, 0.4) is 0 Å². The zero-order chi connectivity index (χ0) is 17.3. The number of rotatable bonds is 5. The Hall–Kier alpha value is -2.19. The fourth-order valence-electron chi connectivity index (χ4n) is 2.46. The number of hydrogen-bond acceptors (Lipinski definition) is 6. The van der Waals surface area contributed by atoms with E-state index in [4.69, 9.17) is 0 Å². The summed E-state index contributed by atoms with van der Waals surface area (Å²) in [5.74, 6) is 0.795. The van der Waals surface area contributed by atoms with E-state index < -0.39 is 10.0 Å². The van der Waals surface area contributed by atoms with Gasteiger partial charge in [0.15, 0.2) is 0 Å². The van der Waals surface area contributed by atoms with Gasteiger partial charge in [-0.25, -0.2) is 18.4 Å². The summed E-state index contributed by atoms with van der Waals surface area (Å²) < 4.78 is 25.2. The molecule has 6 nitrogen and oxygen atoms in total. The Labute approximate surface area is 145 Å². The third-order valence-corrected chi connectivity index (χ3v) is 5.38. The summed E-state index contributed by atoms with van der Waals surface area (Å²) in [6.07, 6.45) is 2.69. The van der Waals surface area contributed by atoms with E-state index in [1.165, 1.54) is 10.4 Å². The zero-order valence-electron chi connectivity index (χ0n) is 13.6. The van der Waals surface area contributed by atoms with E-state index in [1.807, 2.05) is 12.1 Å². The minimum atomic E-state index is -3.28. The Kier molecular flexibility index (Phi) is 4.42. The molecular weight excluding hydrogens is 344 g/mol. The summed E-state index contributed by atoms with van der Waals surface area (Å²) in [6.45, 7) is 4.69. The lowest BCUT2D eigenvalue weighted by Gasteiger charge is -2.09. The van der Waals surface area contributed by atoms with Gasteiger partial charge < -0.3 is 5.32 Å². The van der Waals surface area contributed by atoms with Crippen molar-refractivity contribution in [1.82, 2.24) is 9.97 Å². The number of thiophene rings is 1. The first-order valence-electron chi connectivity index (χ1n) is 7.35. The third kappa shape index (κ3) is 3.65. The highest BCUT2D eigenvalue weighted by Crippen LogP contribution is 2.32. The average Bonchev–Trinajstić information content (AvgIpc) is 2.79. The fourth-order valence-corrected chi connectivity index (χ4v) is 4.01. The van der Waals surface area contributed by atoms with Crippen LogP contribution in [0.2, 0.25) is 0 Å². The zero-order valence-corrected chi connectivity index (χ0v) is 15.3. The number of benzene rings is 1. The van der Waals surface area contributed by atoms with Crippen molar-refractivity contribution in [3.63, 3.8) is 0 Å². The van der Waals surface area contributed by atoms with Gasteiger partial charge in [0.2, 0.25) is 10.0 Å². The van der Waals surface area contributed by atoms with Crippen molar-refractivity contribution in [1.29, 1.82) is 0 Å². The molecule has 3 rings (SSSR count). The quantitative estimate of drug-likeness (QED) is 0.727. The fraction of sp³-hybridized carbons (Fsp3) is 0.250. The van der Waals surface area contributed by atoms with E-state index in [0.717, 1.165) is 27.9 Å². The van der Waals surface area contributed by atoms with Gasteiger partial charge in [0.05, 0.1) is 11.6 Å². The number of sulfonamides is 1. The monoisotopic (exact) mass is 362 g/mol. The van der Waals surface area contributed by atoms with Crippen LogP contribution in [0.4, 0.5) is 11.5 Å². The summed E-state index contributed by atoms with van der Waals surface area (Å²) in [4.78, 5) is 10.9. The number of anilines is 2. The van der Waals surface area contributed by atoms with Crippen molar-refractivity contribution in [2.75, 3.05) is 16.3 Å². The van der Waals surface area contributed by atoms with Gasteiger partial charge in [-0.3, -0.25) is 4.72 Å². The molecule has 0 atom stereocenters. The van der Waals surface area contributed by atoms with Crippen LogP contribution >= 0.6 is 11.3 Å². The summed E-state index contributed by atoms with van der Waals surface area (Å²) in [5.41, 5.74) is 2.69. The molecule has 0 aliphatic heterocycles. The molecule has 2 aromatic heterocycles. The lowest BCUT2D eigenvalue weighted by Crippen LogP contribution is -2.10. The smallest absolute Gasteiger partial charge is 0.229 e. The largest absolute Gasteiger partial charge is 0.365 e. The first-order chi connectivity index (χ1) is 11.3. The Balaban J connectivity index is 1.83. The van der Waals surface area contributed by atoms with E-state index in [-0.39, 0.29) is 0 Å². The first kappa shape index (κ1) is 16.7. The molecule has 2 heterocycles. The molecule has 0 amide bonds. The Bertz CT molecular complexity index is 996. The maximum Gasteiger partial charge on any atom is 0.229 e. The van der Waals surface area contributed by atoms with Gasteiger partial charge in [0, 0.05) is 17.1 Å². The number of aromatic nitrogens is 2. The molecule has 0 aliphatic rings. The van der Waals surface area contributed by atoms with E-state index in [9.17, 15) is 8.42 Å². The number of fused-ring (bicyclic) bond motifs is 1. The minimum absolute atomic E-state index is 0.541. The van der Waals surface area contributed by atoms with Gasteiger partial charge in [-0.1, -0.05) is 12.1 Å². The normalized spacial score (nSPS) is 11.6. The van der Waals surface area contributed by atoms with Crippen molar-refractivity contribution < 1.29 is 8.42 Å². The van der Waals surface area contributed by atoms with Crippen LogP contribution in [-0.4, -0.2) is 24.6 Å². The maximum absolute atomic E-state index is 11.3. The van der Waals surface area contributed by atoms with Crippen LogP contribution < -0.4 is 10.0 Å². The number of hydrogen-bond donors (Lipinski definition) is 2. The van der Waals surface area contributed by atoms with Crippen molar-refractivity contribution in [2.24, 2.45) is 0 Å². The van der Waals surface area contributed by atoms with Gasteiger partial charge in [-0.05, 0) is 37.1 Å². The molecule has 3 aromatic rings. The van der Waals surface area contributed by atoms with E-state index in [2.05, 4.69) is 33.9 Å². The first-order valence-corrected chi connectivity index (χ1v) is 10.1. The molecule has 0 fully saturated rings. The van der Waals surface area contributed by atoms with Gasteiger partial charge in [0.25, 0.3) is 0 Å². The average molecular weight is 362 g/mol. The summed E-state index contributed by atoms with van der Waals surface area (Å²) in [5, 5.41) is 4.37. The second-order valence-electron chi connectivity index (χ2n) is 5.61. The van der Waals surface area contributed by atoms with E-state index >= 15 is 0 Å². The summed E-state index contributed by atoms with van der Waals surface area (Å²) in [7, 11) is -3.28. The molecule has 0 spiro atoms. The molecule has 0 bridgehead atoms. The SMILES string of the molecule is Cc1sc2ncnc(NCc3cccc(NS(C)(=O)=O)c3)c2c1C. The molecule has 0 aliphatic carbocycles. The summed E-state index contributed by atoms with van der Waals surface area (Å²) >= 11 is 1.66. The molecule has 0 unspecified atom stereocenters. The highest BCUT2D eigenvalue weighted by molar-refractivity contribution is 7.92. The lowest BCUT2D eigenvalue weighted by molar-refractivity contribution is 0.607. The Morgan fingerprint density at radius 2 is 2.00 bits per heavy atom. The Morgan fingerprint density at radius 3 is 2.75 bits per heavy atom. The summed E-state index contributed by atoms with van der Waals surface area (Å²) in [6, 6.07) is 7.28. The molecule has 1 aromatic carbocycles. The standard InChI is InChI=1S/C16H18N4O2S2/c1-10-11(2)23-16-14(10)15(18-9-19-16)17-8-12-5-4-6-13(7-12)20-24(3,21)22/h4-7,9,20H,8H2,1-3H3,(H,17,18,19). The molecule has 0 radical (unpaired) electrons. The van der Waals surface area contributed by atoms with Gasteiger partial charge >= 0.3 is 0 Å². The van der Waals surface area contributed by atoms with Crippen LogP contribution in [0, 0.1) is 13.8 Å². The van der Waals surface area contributed by atoms with Crippen LogP contribution in [0.25, 0.3) is 10.2 Å². The Morgan fingerprint density at radius 1 is 1.21 bits per heavy atom. The van der Waals surface area contributed by atoms with E-state index in [0.29, 0.717) is 12.2 Å².